The number of ether oxygens (including phenoxy) is 1. The largest absolute Gasteiger partial charge is 0.468 e. The van der Waals surface area contributed by atoms with E-state index in [9.17, 15) is 4.79 Å². The predicted octanol–water partition coefficient (Wildman–Crippen LogP) is 0.150. The van der Waals surface area contributed by atoms with Gasteiger partial charge in [-0.2, -0.15) is 0 Å². The molecule has 0 saturated heterocycles. The lowest BCUT2D eigenvalue weighted by atomic mass is 9.97. The van der Waals surface area contributed by atoms with Gasteiger partial charge in [0.1, 0.15) is 5.54 Å². The van der Waals surface area contributed by atoms with E-state index in [0.717, 1.165) is 26.1 Å². The third-order valence-electron chi connectivity index (χ3n) is 2.82. The van der Waals surface area contributed by atoms with Gasteiger partial charge in [0.15, 0.2) is 0 Å². The van der Waals surface area contributed by atoms with Crippen molar-refractivity contribution in [2.45, 2.75) is 25.3 Å². The van der Waals surface area contributed by atoms with E-state index in [2.05, 4.69) is 35.7 Å². The van der Waals surface area contributed by atoms with E-state index < -0.39 is 5.54 Å². The number of hydrogen-bond donors (Lipinski definition) is 1. The van der Waals surface area contributed by atoms with Gasteiger partial charge in [-0.05, 0) is 47.5 Å². The van der Waals surface area contributed by atoms with Gasteiger partial charge in [-0.3, -0.25) is 4.79 Å². The molecule has 0 aromatic rings. The van der Waals surface area contributed by atoms with Crippen LogP contribution in [0.4, 0.5) is 0 Å². The zero-order valence-corrected chi connectivity index (χ0v) is 11.8. The Labute approximate surface area is 105 Å². The highest BCUT2D eigenvalue weighted by atomic mass is 16.5. The summed E-state index contributed by atoms with van der Waals surface area (Å²) in [5.74, 6) is -0.339. The first-order valence-corrected chi connectivity index (χ1v) is 6.00. The topological polar surface area (TPSA) is 58.8 Å². The van der Waals surface area contributed by atoms with Crippen molar-refractivity contribution in [3.8, 4) is 0 Å². The standard InChI is InChI=1S/C12H27N3O2/c1-12(13,11(16)17-5)7-6-8-15(4)10-9-14(2)3/h6-10,13H2,1-5H3. The molecule has 0 fully saturated rings. The molecule has 17 heavy (non-hydrogen) atoms. The van der Waals surface area contributed by atoms with Crippen molar-refractivity contribution in [3.05, 3.63) is 0 Å². The molecule has 0 rings (SSSR count). The number of nitrogens with two attached hydrogens (primary N) is 1. The summed E-state index contributed by atoms with van der Waals surface area (Å²) in [6.07, 6.45) is 1.54. The molecule has 0 radical (unpaired) electrons. The molecule has 0 saturated carbocycles. The summed E-state index contributed by atoms with van der Waals surface area (Å²) < 4.78 is 4.67. The van der Waals surface area contributed by atoms with Crippen LogP contribution in [0.5, 0.6) is 0 Å². The molecule has 1 unspecified atom stereocenters. The van der Waals surface area contributed by atoms with Gasteiger partial charge >= 0.3 is 5.97 Å². The minimum Gasteiger partial charge on any atom is -0.468 e. The predicted molar refractivity (Wildman–Crippen MR) is 69.9 cm³/mol. The molecule has 0 aliphatic rings. The molecule has 0 aliphatic heterocycles. The fourth-order valence-electron chi connectivity index (χ4n) is 1.53. The Morgan fingerprint density at radius 3 is 2.29 bits per heavy atom. The van der Waals surface area contributed by atoms with Crippen LogP contribution in [0.2, 0.25) is 0 Å². The maximum absolute atomic E-state index is 11.4. The van der Waals surface area contributed by atoms with Crippen LogP contribution in [0.1, 0.15) is 19.8 Å². The number of methoxy groups -OCH3 is 1. The van der Waals surface area contributed by atoms with E-state index in [-0.39, 0.29) is 5.97 Å². The van der Waals surface area contributed by atoms with Gasteiger partial charge in [-0.1, -0.05) is 0 Å². The highest BCUT2D eigenvalue weighted by molar-refractivity contribution is 5.79. The second-order valence-electron chi connectivity index (χ2n) is 5.12. The van der Waals surface area contributed by atoms with Crippen LogP contribution < -0.4 is 5.73 Å². The van der Waals surface area contributed by atoms with Crippen LogP contribution in [-0.4, -0.2) is 69.2 Å². The highest BCUT2D eigenvalue weighted by Gasteiger charge is 2.28. The van der Waals surface area contributed by atoms with Crippen LogP contribution in [0, 0.1) is 0 Å². The third-order valence-corrected chi connectivity index (χ3v) is 2.82. The number of likely N-dealkylation sites (N-methyl/N-ethyl adjacent to an activating group) is 2. The van der Waals surface area contributed by atoms with Crippen LogP contribution in [0.15, 0.2) is 0 Å². The molecule has 102 valence electrons. The van der Waals surface area contributed by atoms with Crippen molar-refractivity contribution in [1.29, 1.82) is 0 Å². The molecule has 5 heteroatoms. The molecule has 0 heterocycles. The van der Waals surface area contributed by atoms with Crippen LogP contribution in [0.3, 0.4) is 0 Å². The van der Waals surface area contributed by atoms with Gasteiger partial charge in [-0.15, -0.1) is 0 Å². The molecule has 0 spiro atoms. The number of nitrogens with zero attached hydrogens (tertiary/aromatic N) is 2. The number of rotatable bonds is 8. The molecular weight excluding hydrogens is 218 g/mol. The van der Waals surface area contributed by atoms with E-state index >= 15 is 0 Å². The van der Waals surface area contributed by atoms with E-state index in [0.29, 0.717) is 6.42 Å². The number of carbonyl (C=O) groups excluding carboxylic acids is 1. The van der Waals surface area contributed by atoms with Crippen molar-refractivity contribution < 1.29 is 9.53 Å². The Morgan fingerprint density at radius 1 is 1.24 bits per heavy atom. The number of carbonyl (C=O) groups is 1. The van der Waals surface area contributed by atoms with Crippen molar-refractivity contribution in [2.75, 3.05) is 47.9 Å². The second-order valence-corrected chi connectivity index (χ2v) is 5.12. The maximum atomic E-state index is 11.4. The van der Waals surface area contributed by atoms with Gasteiger partial charge in [0.05, 0.1) is 7.11 Å². The first-order valence-electron chi connectivity index (χ1n) is 6.00. The normalized spacial score (nSPS) is 15.1. The maximum Gasteiger partial charge on any atom is 0.325 e. The Bertz CT molecular complexity index is 230. The summed E-state index contributed by atoms with van der Waals surface area (Å²) in [5, 5.41) is 0. The van der Waals surface area contributed by atoms with E-state index in [1.165, 1.54) is 7.11 Å². The molecular formula is C12H27N3O2. The summed E-state index contributed by atoms with van der Waals surface area (Å²) in [5.41, 5.74) is 5.01. The summed E-state index contributed by atoms with van der Waals surface area (Å²) >= 11 is 0. The Kier molecular flexibility index (Phi) is 7.34. The molecule has 2 N–H and O–H groups in total. The molecule has 0 amide bonds. The zero-order valence-electron chi connectivity index (χ0n) is 11.8. The number of hydrogen-bond acceptors (Lipinski definition) is 5. The van der Waals surface area contributed by atoms with Crippen LogP contribution in [0.25, 0.3) is 0 Å². The zero-order chi connectivity index (χ0) is 13.5. The quantitative estimate of drug-likeness (QED) is 0.617. The van der Waals surface area contributed by atoms with E-state index in [4.69, 9.17) is 5.73 Å². The Morgan fingerprint density at radius 2 is 1.82 bits per heavy atom. The summed E-state index contributed by atoms with van der Waals surface area (Å²) in [4.78, 5) is 15.8. The van der Waals surface area contributed by atoms with Gasteiger partial charge in [-0.25, -0.2) is 0 Å². The summed E-state index contributed by atoms with van der Waals surface area (Å²) in [6.45, 7) is 4.72. The molecule has 0 aliphatic carbocycles. The molecule has 1 atom stereocenters. The van der Waals surface area contributed by atoms with E-state index in [1.807, 2.05) is 0 Å². The first kappa shape index (κ1) is 16.4. The minimum absolute atomic E-state index is 0.339. The van der Waals surface area contributed by atoms with Crippen LogP contribution in [-0.2, 0) is 9.53 Å². The Balaban J connectivity index is 3.79. The third kappa shape index (κ3) is 7.31. The molecule has 0 aromatic heterocycles. The minimum atomic E-state index is -0.864. The second kappa shape index (κ2) is 7.63. The van der Waals surface area contributed by atoms with Crippen molar-refractivity contribution in [1.82, 2.24) is 9.80 Å². The van der Waals surface area contributed by atoms with Crippen molar-refractivity contribution in [2.24, 2.45) is 5.73 Å². The van der Waals surface area contributed by atoms with E-state index in [1.54, 1.807) is 6.92 Å². The van der Waals surface area contributed by atoms with Crippen LogP contribution >= 0.6 is 0 Å². The van der Waals surface area contributed by atoms with Gasteiger partial charge < -0.3 is 20.3 Å². The van der Waals surface area contributed by atoms with Crippen molar-refractivity contribution in [3.63, 3.8) is 0 Å². The monoisotopic (exact) mass is 245 g/mol. The number of esters is 1. The lowest BCUT2D eigenvalue weighted by Gasteiger charge is -2.24. The SMILES string of the molecule is COC(=O)C(C)(N)CCCN(C)CCN(C)C. The van der Waals surface area contributed by atoms with Crippen molar-refractivity contribution >= 4 is 5.97 Å². The fraction of sp³-hybridized carbons (Fsp3) is 0.917. The lowest BCUT2D eigenvalue weighted by Crippen LogP contribution is -2.46. The Hall–Kier alpha value is -0.650. The van der Waals surface area contributed by atoms with Gasteiger partial charge in [0.25, 0.3) is 0 Å². The molecule has 0 aromatic carbocycles. The average molecular weight is 245 g/mol. The van der Waals surface area contributed by atoms with Gasteiger partial charge in [0, 0.05) is 13.1 Å². The smallest absolute Gasteiger partial charge is 0.325 e. The average Bonchev–Trinajstić information content (AvgIpc) is 2.24. The van der Waals surface area contributed by atoms with Gasteiger partial charge in [0.2, 0.25) is 0 Å². The summed E-state index contributed by atoms with van der Waals surface area (Å²) in [6, 6.07) is 0. The fourth-order valence-corrected chi connectivity index (χ4v) is 1.53. The first-order chi connectivity index (χ1) is 7.79. The molecule has 5 nitrogen and oxygen atoms in total. The molecule has 0 bridgehead atoms. The highest BCUT2D eigenvalue weighted by Crippen LogP contribution is 2.10. The summed E-state index contributed by atoms with van der Waals surface area (Å²) in [7, 11) is 7.57. The lowest BCUT2D eigenvalue weighted by molar-refractivity contribution is -0.146.